The summed E-state index contributed by atoms with van der Waals surface area (Å²) in [6.45, 7) is 0.912. The van der Waals surface area contributed by atoms with Crippen molar-refractivity contribution in [1.82, 2.24) is 14.5 Å². The van der Waals surface area contributed by atoms with Crippen LogP contribution in [0, 0.1) is 0 Å². The molecule has 0 unspecified atom stereocenters. The minimum atomic E-state index is -3.76. The lowest BCUT2D eigenvalue weighted by atomic mass is 10.1. The summed E-state index contributed by atoms with van der Waals surface area (Å²) in [6, 6.07) is 11.2. The third-order valence-electron chi connectivity index (χ3n) is 4.85. The molecule has 1 N–H and O–H groups in total. The van der Waals surface area contributed by atoms with Crippen molar-refractivity contribution >= 4 is 33.2 Å². The first kappa shape index (κ1) is 20.5. The van der Waals surface area contributed by atoms with E-state index in [0.717, 1.165) is 19.3 Å². The Morgan fingerprint density at radius 1 is 1.10 bits per heavy atom. The number of sulfonamides is 1. The molecule has 0 saturated carbocycles. The summed E-state index contributed by atoms with van der Waals surface area (Å²) in [5.41, 5.74) is 1.35. The molecular formula is C20H19ClN4O4S. The Hall–Kier alpha value is -2.75. The van der Waals surface area contributed by atoms with E-state index < -0.39 is 15.9 Å². The quantitative estimate of drug-likeness (QED) is 0.638. The van der Waals surface area contributed by atoms with Gasteiger partial charge < -0.3 is 9.73 Å². The summed E-state index contributed by atoms with van der Waals surface area (Å²) in [5, 5.41) is 10.3. The fraction of sp³-hybridized carbons (Fsp3) is 0.250. The number of aromatic nitrogens is 2. The molecule has 3 aromatic rings. The SMILES string of the molecule is O=C(Nc1cccc(-c2nnco2)c1)c1ccc(Cl)c(S(=O)(=O)N2CCCCC2)c1. The highest BCUT2D eigenvalue weighted by Crippen LogP contribution is 2.28. The number of hydrogen-bond acceptors (Lipinski definition) is 6. The lowest BCUT2D eigenvalue weighted by Crippen LogP contribution is -2.35. The number of carbonyl (C=O) groups is 1. The number of amides is 1. The van der Waals surface area contributed by atoms with Gasteiger partial charge in [0.25, 0.3) is 5.91 Å². The molecule has 30 heavy (non-hydrogen) atoms. The molecule has 1 aliphatic heterocycles. The number of rotatable bonds is 5. The number of halogens is 1. The summed E-state index contributed by atoms with van der Waals surface area (Å²) < 4.78 is 32.6. The smallest absolute Gasteiger partial charge is 0.255 e. The predicted octanol–water partition coefficient (Wildman–Crippen LogP) is 3.82. The highest BCUT2D eigenvalue weighted by Gasteiger charge is 2.28. The topological polar surface area (TPSA) is 105 Å². The van der Waals surface area contributed by atoms with Crippen molar-refractivity contribution in [3.8, 4) is 11.5 Å². The lowest BCUT2D eigenvalue weighted by molar-refractivity contribution is 0.102. The van der Waals surface area contributed by atoms with E-state index in [1.54, 1.807) is 24.3 Å². The summed E-state index contributed by atoms with van der Waals surface area (Å²) in [5.74, 6) is -0.128. The van der Waals surface area contributed by atoms with E-state index in [4.69, 9.17) is 16.0 Å². The Morgan fingerprint density at radius 2 is 1.90 bits per heavy atom. The average Bonchev–Trinajstić information content (AvgIpc) is 3.30. The molecule has 1 aromatic heterocycles. The summed E-state index contributed by atoms with van der Waals surface area (Å²) in [6.07, 6.45) is 3.85. The number of hydrogen-bond donors (Lipinski definition) is 1. The second kappa shape index (κ2) is 8.55. The summed E-state index contributed by atoms with van der Waals surface area (Å²) in [4.78, 5) is 12.7. The van der Waals surface area contributed by atoms with Crippen molar-refractivity contribution in [2.75, 3.05) is 18.4 Å². The molecule has 1 amide bonds. The van der Waals surface area contributed by atoms with Crippen molar-refractivity contribution in [3.05, 3.63) is 59.4 Å². The molecule has 0 aliphatic carbocycles. The maximum absolute atomic E-state index is 13.0. The Morgan fingerprint density at radius 3 is 2.63 bits per heavy atom. The second-order valence-electron chi connectivity index (χ2n) is 6.89. The molecule has 4 rings (SSSR count). The van der Waals surface area contributed by atoms with Gasteiger partial charge in [0.1, 0.15) is 4.90 Å². The van der Waals surface area contributed by atoms with Gasteiger partial charge in [0.2, 0.25) is 22.3 Å². The van der Waals surface area contributed by atoms with E-state index in [2.05, 4.69) is 15.5 Å². The third kappa shape index (κ3) is 4.23. The van der Waals surface area contributed by atoms with Gasteiger partial charge in [-0.1, -0.05) is 24.1 Å². The number of nitrogens with one attached hydrogen (secondary N) is 1. The first-order valence-electron chi connectivity index (χ1n) is 9.43. The van der Waals surface area contributed by atoms with Gasteiger partial charge in [-0.3, -0.25) is 4.79 Å². The van der Waals surface area contributed by atoms with Crippen LogP contribution in [0.3, 0.4) is 0 Å². The number of piperidine rings is 1. The highest BCUT2D eigenvalue weighted by atomic mass is 35.5. The number of carbonyl (C=O) groups excluding carboxylic acids is 1. The predicted molar refractivity (Wildman–Crippen MR) is 112 cm³/mol. The Balaban J connectivity index is 1.58. The maximum Gasteiger partial charge on any atom is 0.255 e. The first-order chi connectivity index (χ1) is 14.4. The van der Waals surface area contributed by atoms with Crippen LogP contribution in [-0.2, 0) is 10.0 Å². The third-order valence-corrected chi connectivity index (χ3v) is 7.23. The normalized spacial score (nSPS) is 15.1. The molecule has 2 heterocycles. The second-order valence-corrected chi connectivity index (χ2v) is 9.20. The minimum Gasteiger partial charge on any atom is -0.423 e. The van der Waals surface area contributed by atoms with E-state index >= 15 is 0 Å². The largest absolute Gasteiger partial charge is 0.423 e. The zero-order chi connectivity index (χ0) is 21.1. The number of anilines is 1. The van der Waals surface area contributed by atoms with Crippen molar-refractivity contribution in [2.45, 2.75) is 24.2 Å². The van der Waals surface area contributed by atoms with Gasteiger partial charge in [0.05, 0.1) is 5.02 Å². The molecule has 10 heteroatoms. The van der Waals surface area contributed by atoms with Gasteiger partial charge in [-0.15, -0.1) is 10.2 Å². The van der Waals surface area contributed by atoms with Crippen LogP contribution in [0.15, 0.2) is 58.2 Å². The maximum atomic E-state index is 13.0. The molecule has 1 fully saturated rings. The van der Waals surface area contributed by atoms with Crippen molar-refractivity contribution in [1.29, 1.82) is 0 Å². The number of nitrogens with zero attached hydrogens (tertiary/aromatic N) is 3. The van der Waals surface area contributed by atoms with Crippen LogP contribution < -0.4 is 5.32 Å². The van der Waals surface area contributed by atoms with Gasteiger partial charge in [0, 0.05) is 29.9 Å². The van der Waals surface area contributed by atoms with Crippen LogP contribution in [0.25, 0.3) is 11.5 Å². The Kier molecular flexibility index (Phi) is 5.85. The van der Waals surface area contributed by atoms with Crippen LogP contribution in [0.4, 0.5) is 5.69 Å². The Labute approximate surface area is 178 Å². The van der Waals surface area contributed by atoms with Crippen LogP contribution in [0.5, 0.6) is 0 Å². The molecule has 8 nitrogen and oxygen atoms in total. The van der Waals surface area contributed by atoms with E-state index in [9.17, 15) is 13.2 Å². The van der Waals surface area contributed by atoms with Crippen LogP contribution in [-0.4, -0.2) is 41.9 Å². The Bertz CT molecular complexity index is 1160. The van der Waals surface area contributed by atoms with E-state index in [1.165, 1.54) is 28.9 Å². The standard InChI is InChI=1S/C20H19ClN4O4S/c21-17-8-7-14(12-18(17)30(27,28)25-9-2-1-3-10-25)19(26)23-16-6-4-5-15(11-16)20-24-22-13-29-20/h4-8,11-13H,1-3,9-10H2,(H,23,26). The average molecular weight is 447 g/mol. The molecule has 156 valence electrons. The lowest BCUT2D eigenvalue weighted by Gasteiger charge is -2.26. The fourth-order valence-corrected chi connectivity index (χ4v) is 5.34. The van der Waals surface area contributed by atoms with E-state index in [1.807, 2.05) is 0 Å². The van der Waals surface area contributed by atoms with Gasteiger partial charge in [-0.2, -0.15) is 4.31 Å². The van der Waals surface area contributed by atoms with Crippen LogP contribution in [0.1, 0.15) is 29.6 Å². The van der Waals surface area contributed by atoms with Crippen molar-refractivity contribution < 1.29 is 17.6 Å². The van der Waals surface area contributed by atoms with Crippen LogP contribution in [0.2, 0.25) is 5.02 Å². The van der Waals surface area contributed by atoms with E-state index in [-0.39, 0.29) is 15.5 Å². The van der Waals surface area contributed by atoms with Crippen molar-refractivity contribution in [2.24, 2.45) is 0 Å². The summed E-state index contributed by atoms with van der Waals surface area (Å²) in [7, 11) is -3.76. The number of benzene rings is 2. The monoisotopic (exact) mass is 446 g/mol. The zero-order valence-electron chi connectivity index (χ0n) is 15.9. The van der Waals surface area contributed by atoms with Crippen molar-refractivity contribution in [3.63, 3.8) is 0 Å². The van der Waals surface area contributed by atoms with Gasteiger partial charge in [0.15, 0.2) is 0 Å². The van der Waals surface area contributed by atoms with Gasteiger partial charge in [-0.25, -0.2) is 8.42 Å². The van der Waals surface area contributed by atoms with Gasteiger partial charge in [-0.05, 0) is 49.2 Å². The minimum absolute atomic E-state index is 0.0571. The highest BCUT2D eigenvalue weighted by molar-refractivity contribution is 7.89. The molecule has 0 radical (unpaired) electrons. The van der Waals surface area contributed by atoms with E-state index in [0.29, 0.717) is 30.2 Å². The molecule has 1 saturated heterocycles. The fourth-order valence-electron chi connectivity index (χ4n) is 3.32. The van der Waals surface area contributed by atoms with Gasteiger partial charge >= 0.3 is 0 Å². The molecule has 2 aromatic carbocycles. The first-order valence-corrected chi connectivity index (χ1v) is 11.2. The molecule has 1 aliphatic rings. The zero-order valence-corrected chi connectivity index (χ0v) is 17.5. The molecule has 0 atom stereocenters. The molecular weight excluding hydrogens is 428 g/mol. The molecule has 0 bridgehead atoms. The molecule has 0 spiro atoms. The van der Waals surface area contributed by atoms with Crippen LogP contribution >= 0.6 is 11.6 Å². The summed E-state index contributed by atoms with van der Waals surface area (Å²) >= 11 is 6.18.